The number of nitrogens with one attached hydrogen (secondary N) is 1. The molecule has 1 aliphatic rings. The standard InChI is InChI=1S/C25H27ClN2O2.C7H7Cl/c1-4-14-30-19-9-6-17(7-10-19)24-23-20(12-13-28(24)25(29)16(3)5-2)21-15-18(26)8-11-22(21)27-23;1-6-2-4-7(8)5-3-6/h4,6-11,15-16,24,27H,1,5,12-14H2,2-3H3;2-5H,1H3. The van der Waals surface area contributed by atoms with Crippen molar-refractivity contribution in [1.29, 1.82) is 0 Å². The summed E-state index contributed by atoms with van der Waals surface area (Å²) >= 11 is 11.9. The minimum atomic E-state index is -0.158. The van der Waals surface area contributed by atoms with Gasteiger partial charge in [-0.3, -0.25) is 4.79 Å². The summed E-state index contributed by atoms with van der Waals surface area (Å²) in [4.78, 5) is 18.9. The first-order chi connectivity index (χ1) is 18.3. The largest absolute Gasteiger partial charge is 0.490 e. The van der Waals surface area contributed by atoms with E-state index >= 15 is 0 Å². The number of nitrogens with zero attached hydrogens (tertiary/aromatic N) is 1. The number of amides is 1. The number of rotatable bonds is 6. The van der Waals surface area contributed by atoms with Crippen molar-refractivity contribution < 1.29 is 9.53 Å². The number of fused-ring (bicyclic) bond motifs is 3. The van der Waals surface area contributed by atoms with Crippen molar-refractivity contribution in [3.63, 3.8) is 0 Å². The number of aromatic amines is 1. The molecule has 1 aliphatic heterocycles. The van der Waals surface area contributed by atoms with E-state index in [1.165, 1.54) is 11.1 Å². The minimum Gasteiger partial charge on any atom is -0.490 e. The summed E-state index contributed by atoms with van der Waals surface area (Å²) in [7, 11) is 0. The third kappa shape index (κ3) is 6.25. The van der Waals surface area contributed by atoms with E-state index in [-0.39, 0.29) is 17.9 Å². The monoisotopic (exact) mass is 548 g/mol. The average molecular weight is 550 g/mol. The van der Waals surface area contributed by atoms with E-state index < -0.39 is 0 Å². The third-order valence-electron chi connectivity index (χ3n) is 6.98. The molecule has 2 unspecified atom stereocenters. The zero-order valence-electron chi connectivity index (χ0n) is 22.1. The maximum absolute atomic E-state index is 13.3. The lowest BCUT2D eigenvalue weighted by Gasteiger charge is -2.37. The molecule has 38 heavy (non-hydrogen) atoms. The highest BCUT2D eigenvalue weighted by Gasteiger charge is 2.35. The zero-order chi connectivity index (χ0) is 27.2. The summed E-state index contributed by atoms with van der Waals surface area (Å²) in [6, 6.07) is 21.5. The molecule has 198 valence electrons. The smallest absolute Gasteiger partial charge is 0.226 e. The fourth-order valence-corrected chi connectivity index (χ4v) is 5.04. The molecule has 1 aromatic heterocycles. The molecular weight excluding hydrogens is 515 g/mol. The van der Waals surface area contributed by atoms with Crippen molar-refractivity contribution in [3.05, 3.63) is 112 Å². The maximum Gasteiger partial charge on any atom is 0.226 e. The SMILES string of the molecule is C=CCOc1ccc(C2c3[nH]c4ccc(Cl)cc4c3CCN2C(=O)C(C)CC)cc1.Cc1ccc(Cl)cc1. The van der Waals surface area contributed by atoms with Gasteiger partial charge in [-0.05, 0) is 73.4 Å². The van der Waals surface area contributed by atoms with E-state index in [1.807, 2.05) is 85.5 Å². The van der Waals surface area contributed by atoms with Crippen LogP contribution >= 0.6 is 23.2 Å². The van der Waals surface area contributed by atoms with Crippen LogP contribution in [0.2, 0.25) is 10.0 Å². The lowest BCUT2D eigenvalue weighted by molar-refractivity contribution is -0.137. The highest BCUT2D eigenvalue weighted by atomic mass is 35.5. The Morgan fingerprint density at radius 1 is 1.11 bits per heavy atom. The summed E-state index contributed by atoms with van der Waals surface area (Å²) in [5.41, 5.74) is 5.69. The Morgan fingerprint density at radius 2 is 1.79 bits per heavy atom. The lowest BCUT2D eigenvalue weighted by atomic mass is 9.91. The lowest BCUT2D eigenvalue weighted by Crippen LogP contribution is -2.43. The number of aryl methyl sites for hydroxylation is 1. The molecule has 2 atom stereocenters. The van der Waals surface area contributed by atoms with E-state index in [4.69, 9.17) is 27.9 Å². The Labute approximate surface area is 235 Å². The molecule has 0 spiro atoms. The van der Waals surface area contributed by atoms with Crippen LogP contribution in [0.1, 0.15) is 48.7 Å². The highest BCUT2D eigenvalue weighted by molar-refractivity contribution is 6.31. The molecule has 0 bridgehead atoms. The number of carbonyl (C=O) groups is 1. The third-order valence-corrected chi connectivity index (χ3v) is 7.47. The molecule has 6 heteroatoms. The number of hydrogen-bond donors (Lipinski definition) is 1. The van der Waals surface area contributed by atoms with Crippen LogP contribution in [0.15, 0.2) is 79.4 Å². The second kappa shape index (κ2) is 12.6. The van der Waals surface area contributed by atoms with E-state index in [1.54, 1.807) is 6.08 Å². The highest BCUT2D eigenvalue weighted by Crippen LogP contribution is 2.40. The first-order valence-corrected chi connectivity index (χ1v) is 13.7. The van der Waals surface area contributed by atoms with Gasteiger partial charge in [-0.1, -0.05) is 79.5 Å². The molecular formula is C32H34Cl2N2O2. The van der Waals surface area contributed by atoms with Crippen LogP contribution in [0.5, 0.6) is 5.75 Å². The summed E-state index contributed by atoms with van der Waals surface area (Å²) in [6.07, 6.45) is 3.36. The van der Waals surface area contributed by atoms with Crippen LogP contribution in [0, 0.1) is 12.8 Å². The van der Waals surface area contributed by atoms with Crippen molar-refractivity contribution in [2.45, 2.75) is 39.7 Å². The van der Waals surface area contributed by atoms with Crippen molar-refractivity contribution in [2.24, 2.45) is 5.92 Å². The Balaban J connectivity index is 0.000000360. The summed E-state index contributed by atoms with van der Waals surface area (Å²) in [6.45, 7) is 10.9. The van der Waals surface area contributed by atoms with E-state index in [0.29, 0.717) is 13.2 Å². The second-order valence-electron chi connectivity index (χ2n) is 9.66. The fraction of sp³-hybridized carbons (Fsp3) is 0.281. The van der Waals surface area contributed by atoms with Crippen LogP contribution in [0.4, 0.5) is 0 Å². The number of benzene rings is 3. The zero-order valence-corrected chi connectivity index (χ0v) is 23.6. The summed E-state index contributed by atoms with van der Waals surface area (Å²) in [5.74, 6) is 0.970. The number of H-pyrrole nitrogens is 1. The van der Waals surface area contributed by atoms with Gasteiger partial charge in [0.1, 0.15) is 12.4 Å². The predicted molar refractivity (Wildman–Crippen MR) is 158 cm³/mol. The van der Waals surface area contributed by atoms with Crippen LogP contribution < -0.4 is 4.74 Å². The molecule has 1 amide bonds. The van der Waals surface area contributed by atoms with Crippen LogP contribution in [0.3, 0.4) is 0 Å². The number of halogens is 2. The molecule has 0 aliphatic carbocycles. The molecule has 4 aromatic rings. The van der Waals surface area contributed by atoms with Crippen LogP contribution in [-0.2, 0) is 11.2 Å². The van der Waals surface area contributed by atoms with Gasteiger partial charge in [-0.15, -0.1) is 0 Å². The topological polar surface area (TPSA) is 45.3 Å². The Kier molecular flexibility index (Phi) is 9.19. The maximum atomic E-state index is 13.3. The summed E-state index contributed by atoms with van der Waals surface area (Å²) < 4.78 is 5.64. The second-order valence-corrected chi connectivity index (χ2v) is 10.5. The number of aromatic nitrogens is 1. The van der Waals surface area contributed by atoms with Crippen molar-refractivity contribution >= 4 is 40.0 Å². The van der Waals surface area contributed by atoms with E-state index in [9.17, 15) is 4.79 Å². The van der Waals surface area contributed by atoms with Crippen molar-refractivity contribution in [3.8, 4) is 5.75 Å². The summed E-state index contributed by atoms with van der Waals surface area (Å²) in [5, 5.41) is 2.67. The molecule has 2 heterocycles. The number of hydrogen-bond acceptors (Lipinski definition) is 2. The Bertz CT molecular complexity index is 1370. The molecule has 4 nitrogen and oxygen atoms in total. The van der Waals surface area contributed by atoms with Gasteiger partial charge in [0.15, 0.2) is 0 Å². The normalized spacial score (nSPS) is 15.3. The molecule has 0 saturated heterocycles. The van der Waals surface area contributed by atoms with Crippen molar-refractivity contribution in [2.75, 3.05) is 13.2 Å². The molecule has 0 radical (unpaired) electrons. The number of ether oxygens (including phenoxy) is 1. The van der Waals surface area contributed by atoms with Gasteiger partial charge < -0.3 is 14.6 Å². The molecule has 3 aromatic carbocycles. The van der Waals surface area contributed by atoms with E-state index in [2.05, 4.69) is 18.5 Å². The van der Waals surface area contributed by atoms with Gasteiger partial charge in [-0.2, -0.15) is 0 Å². The Morgan fingerprint density at radius 3 is 2.42 bits per heavy atom. The first-order valence-electron chi connectivity index (χ1n) is 13.0. The quantitative estimate of drug-likeness (QED) is 0.245. The van der Waals surface area contributed by atoms with Gasteiger partial charge in [0.05, 0.1) is 6.04 Å². The minimum absolute atomic E-state index is 0.0110. The van der Waals surface area contributed by atoms with Gasteiger partial charge in [0.2, 0.25) is 5.91 Å². The van der Waals surface area contributed by atoms with Gasteiger partial charge in [0.25, 0.3) is 0 Å². The molecule has 0 fully saturated rings. The van der Waals surface area contributed by atoms with Crippen molar-refractivity contribution in [1.82, 2.24) is 9.88 Å². The molecule has 1 N–H and O–H groups in total. The fourth-order valence-electron chi connectivity index (χ4n) is 4.74. The average Bonchev–Trinajstić information content (AvgIpc) is 3.30. The number of carbonyl (C=O) groups excluding carboxylic acids is 1. The van der Waals surface area contributed by atoms with Gasteiger partial charge >= 0.3 is 0 Å². The molecule has 5 rings (SSSR count). The van der Waals surface area contributed by atoms with Crippen LogP contribution in [0.25, 0.3) is 10.9 Å². The Hall–Kier alpha value is -3.21. The first kappa shape index (κ1) is 27.8. The van der Waals surface area contributed by atoms with Gasteiger partial charge in [0, 0.05) is 39.1 Å². The molecule has 0 saturated carbocycles. The predicted octanol–water partition coefficient (Wildman–Crippen LogP) is 8.55. The van der Waals surface area contributed by atoms with Crippen LogP contribution in [-0.4, -0.2) is 28.9 Å². The van der Waals surface area contributed by atoms with Gasteiger partial charge in [-0.25, -0.2) is 0 Å². The van der Waals surface area contributed by atoms with E-state index in [0.717, 1.165) is 50.8 Å².